The zero-order valence-electron chi connectivity index (χ0n) is 12.6. The van der Waals surface area contributed by atoms with E-state index in [1.165, 1.54) is 12.2 Å². The van der Waals surface area contributed by atoms with Crippen molar-refractivity contribution >= 4 is 23.8 Å². The van der Waals surface area contributed by atoms with Crippen molar-refractivity contribution in [2.75, 3.05) is 13.1 Å². The van der Waals surface area contributed by atoms with Crippen molar-refractivity contribution < 1.29 is 28.7 Å². The molecule has 0 aromatic heterocycles. The van der Waals surface area contributed by atoms with E-state index < -0.39 is 36.0 Å². The SMILES string of the molecule is C=CCNC(=O)C(OC(C)=O)C(OC(C)=O)C(=O)NCC=C. The molecule has 22 heavy (non-hydrogen) atoms. The zero-order chi connectivity index (χ0) is 17.1. The van der Waals surface area contributed by atoms with Crippen molar-refractivity contribution in [2.24, 2.45) is 0 Å². The lowest BCUT2D eigenvalue weighted by Gasteiger charge is -2.24. The van der Waals surface area contributed by atoms with Gasteiger partial charge in [-0.05, 0) is 0 Å². The molecule has 0 aliphatic carbocycles. The topological polar surface area (TPSA) is 111 Å². The highest BCUT2D eigenvalue weighted by molar-refractivity contribution is 5.93. The number of carbonyl (C=O) groups excluding carboxylic acids is 4. The summed E-state index contributed by atoms with van der Waals surface area (Å²) in [6.45, 7) is 9.18. The number of hydrogen-bond acceptors (Lipinski definition) is 6. The molecule has 0 aromatic rings. The summed E-state index contributed by atoms with van der Waals surface area (Å²) in [4.78, 5) is 46.3. The fourth-order valence-electron chi connectivity index (χ4n) is 1.41. The van der Waals surface area contributed by atoms with E-state index in [4.69, 9.17) is 9.47 Å². The van der Waals surface area contributed by atoms with Crippen LogP contribution in [-0.4, -0.2) is 49.1 Å². The average Bonchev–Trinajstić information content (AvgIpc) is 2.45. The highest BCUT2D eigenvalue weighted by Crippen LogP contribution is 2.07. The molecule has 0 bridgehead atoms. The Kier molecular flexibility index (Phi) is 8.92. The molecular weight excluding hydrogens is 292 g/mol. The van der Waals surface area contributed by atoms with Gasteiger partial charge < -0.3 is 20.1 Å². The van der Waals surface area contributed by atoms with Gasteiger partial charge >= 0.3 is 11.9 Å². The van der Waals surface area contributed by atoms with Gasteiger partial charge in [-0.2, -0.15) is 0 Å². The molecule has 0 saturated carbocycles. The van der Waals surface area contributed by atoms with Crippen LogP contribution in [-0.2, 0) is 28.7 Å². The van der Waals surface area contributed by atoms with E-state index in [1.807, 2.05) is 0 Å². The summed E-state index contributed by atoms with van der Waals surface area (Å²) in [7, 11) is 0. The number of nitrogens with one attached hydrogen (secondary N) is 2. The standard InChI is InChI=1S/C14H20N2O6/c1-5-7-15-13(19)11(21-9(3)17)12(22-10(4)18)14(20)16-8-6-2/h5-6,11-12H,1-2,7-8H2,3-4H3,(H,15,19)(H,16,20). The molecule has 0 aliphatic heterocycles. The maximum atomic E-state index is 12.0. The molecule has 8 nitrogen and oxygen atoms in total. The van der Waals surface area contributed by atoms with E-state index >= 15 is 0 Å². The molecule has 2 unspecified atom stereocenters. The normalized spacial score (nSPS) is 12.3. The third-order valence-corrected chi connectivity index (χ3v) is 2.22. The Balaban J connectivity index is 5.30. The molecule has 0 aromatic carbocycles. The van der Waals surface area contributed by atoms with Gasteiger partial charge in [-0.25, -0.2) is 0 Å². The van der Waals surface area contributed by atoms with Gasteiger partial charge in [0.05, 0.1) is 0 Å². The van der Waals surface area contributed by atoms with E-state index in [2.05, 4.69) is 23.8 Å². The number of hydrogen-bond donors (Lipinski definition) is 2. The first-order valence-electron chi connectivity index (χ1n) is 6.45. The Hall–Kier alpha value is -2.64. The van der Waals surface area contributed by atoms with E-state index in [-0.39, 0.29) is 13.1 Å². The van der Waals surface area contributed by atoms with Crippen LogP contribution in [0.4, 0.5) is 0 Å². The molecule has 8 heteroatoms. The first-order chi connectivity index (χ1) is 10.3. The fraction of sp³-hybridized carbons (Fsp3) is 0.429. The van der Waals surface area contributed by atoms with Crippen LogP contribution < -0.4 is 10.6 Å². The second kappa shape index (κ2) is 10.1. The Labute approximate surface area is 128 Å². The summed E-state index contributed by atoms with van der Waals surface area (Å²) in [6.07, 6.45) is -0.403. The van der Waals surface area contributed by atoms with Gasteiger partial charge in [-0.15, -0.1) is 13.2 Å². The predicted molar refractivity (Wildman–Crippen MR) is 77.5 cm³/mol. The van der Waals surface area contributed by atoms with Crippen LogP contribution >= 0.6 is 0 Å². The van der Waals surface area contributed by atoms with E-state index in [0.29, 0.717) is 0 Å². The van der Waals surface area contributed by atoms with Crippen LogP contribution in [0.3, 0.4) is 0 Å². The molecule has 2 atom stereocenters. The van der Waals surface area contributed by atoms with Gasteiger partial charge in [0.15, 0.2) is 0 Å². The van der Waals surface area contributed by atoms with E-state index in [1.54, 1.807) is 0 Å². The highest BCUT2D eigenvalue weighted by atomic mass is 16.6. The first kappa shape index (κ1) is 19.4. The van der Waals surface area contributed by atoms with Gasteiger partial charge in [0.25, 0.3) is 11.8 Å². The molecule has 122 valence electrons. The summed E-state index contributed by atoms with van der Waals surface area (Å²) in [5, 5.41) is 4.75. The fourth-order valence-corrected chi connectivity index (χ4v) is 1.41. The second-order valence-corrected chi connectivity index (χ2v) is 4.13. The van der Waals surface area contributed by atoms with Crippen molar-refractivity contribution in [1.82, 2.24) is 10.6 Å². The zero-order valence-corrected chi connectivity index (χ0v) is 12.6. The number of carbonyl (C=O) groups is 4. The summed E-state index contributed by atoms with van der Waals surface area (Å²) in [5.74, 6) is -3.16. The lowest BCUT2D eigenvalue weighted by Crippen LogP contribution is -2.53. The maximum Gasteiger partial charge on any atom is 0.303 e. The number of rotatable bonds is 9. The quantitative estimate of drug-likeness (QED) is 0.437. The molecular formula is C14H20N2O6. The minimum absolute atomic E-state index is 0.0949. The third-order valence-electron chi connectivity index (χ3n) is 2.22. The lowest BCUT2D eigenvalue weighted by atomic mass is 10.1. The van der Waals surface area contributed by atoms with Gasteiger partial charge in [0.2, 0.25) is 12.2 Å². The Morgan fingerprint density at radius 1 is 0.864 bits per heavy atom. The molecule has 0 fully saturated rings. The van der Waals surface area contributed by atoms with E-state index in [9.17, 15) is 19.2 Å². The van der Waals surface area contributed by atoms with E-state index in [0.717, 1.165) is 13.8 Å². The Morgan fingerprint density at radius 3 is 1.41 bits per heavy atom. The minimum Gasteiger partial charge on any atom is -0.448 e. The molecule has 0 spiro atoms. The highest BCUT2D eigenvalue weighted by Gasteiger charge is 2.38. The molecule has 2 N–H and O–H groups in total. The van der Waals surface area contributed by atoms with Crippen LogP contribution in [0.15, 0.2) is 25.3 Å². The van der Waals surface area contributed by atoms with Crippen molar-refractivity contribution in [3.63, 3.8) is 0 Å². The van der Waals surface area contributed by atoms with Crippen LogP contribution in [0.25, 0.3) is 0 Å². The lowest BCUT2D eigenvalue weighted by molar-refractivity contribution is -0.174. The molecule has 2 amide bonds. The van der Waals surface area contributed by atoms with Crippen molar-refractivity contribution in [3.8, 4) is 0 Å². The number of ether oxygens (including phenoxy) is 2. The smallest absolute Gasteiger partial charge is 0.303 e. The molecule has 0 rings (SSSR count). The van der Waals surface area contributed by atoms with Gasteiger partial charge in [0.1, 0.15) is 0 Å². The van der Waals surface area contributed by atoms with Crippen molar-refractivity contribution in [3.05, 3.63) is 25.3 Å². The maximum absolute atomic E-state index is 12.0. The molecule has 0 aliphatic rings. The van der Waals surface area contributed by atoms with Crippen LogP contribution in [0, 0.1) is 0 Å². The molecule has 0 radical (unpaired) electrons. The largest absolute Gasteiger partial charge is 0.448 e. The van der Waals surface area contributed by atoms with Crippen molar-refractivity contribution in [2.45, 2.75) is 26.1 Å². The Morgan fingerprint density at radius 2 is 1.18 bits per heavy atom. The van der Waals surface area contributed by atoms with Crippen LogP contribution in [0.2, 0.25) is 0 Å². The van der Waals surface area contributed by atoms with Gasteiger partial charge in [-0.1, -0.05) is 12.2 Å². The first-order valence-corrected chi connectivity index (χ1v) is 6.45. The summed E-state index contributed by atoms with van der Waals surface area (Å²) >= 11 is 0. The van der Waals surface area contributed by atoms with Gasteiger partial charge in [0, 0.05) is 26.9 Å². The molecule has 0 heterocycles. The van der Waals surface area contributed by atoms with Crippen LogP contribution in [0.1, 0.15) is 13.8 Å². The predicted octanol–water partition coefficient (Wildman–Crippen LogP) is -0.546. The van der Waals surface area contributed by atoms with Gasteiger partial charge in [-0.3, -0.25) is 19.2 Å². The summed E-state index contributed by atoms with van der Waals surface area (Å²) in [6, 6.07) is 0. The average molecular weight is 312 g/mol. The minimum atomic E-state index is -1.61. The number of esters is 2. The molecule has 0 saturated heterocycles. The summed E-state index contributed by atoms with van der Waals surface area (Å²) in [5.41, 5.74) is 0. The number of amides is 2. The third kappa shape index (κ3) is 7.22. The second-order valence-electron chi connectivity index (χ2n) is 4.13. The summed E-state index contributed by atoms with van der Waals surface area (Å²) < 4.78 is 9.65. The van der Waals surface area contributed by atoms with Crippen LogP contribution in [0.5, 0.6) is 0 Å². The van der Waals surface area contributed by atoms with Crippen molar-refractivity contribution in [1.29, 1.82) is 0 Å². The Bertz CT molecular complexity index is 418. The monoisotopic (exact) mass is 312 g/mol.